The average Bonchev–Trinajstić information content (AvgIpc) is 2.99. The molecule has 5 heteroatoms. The van der Waals surface area contributed by atoms with Crippen LogP contribution in [0.2, 0.25) is 0 Å². The van der Waals surface area contributed by atoms with E-state index in [0.717, 1.165) is 5.69 Å². The van der Waals surface area contributed by atoms with Crippen molar-refractivity contribution in [3.8, 4) is 0 Å². The zero-order valence-electron chi connectivity index (χ0n) is 12.2. The van der Waals surface area contributed by atoms with Crippen LogP contribution in [0.15, 0.2) is 35.4 Å². The van der Waals surface area contributed by atoms with Crippen molar-refractivity contribution in [2.75, 3.05) is 0 Å². The van der Waals surface area contributed by atoms with Crippen molar-refractivity contribution >= 4 is 0 Å². The highest BCUT2D eigenvalue weighted by atomic mass is 16.1. The summed E-state index contributed by atoms with van der Waals surface area (Å²) in [6.07, 6.45) is 10.2. The highest BCUT2D eigenvalue weighted by Crippen LogP contribution is 2.27. The van der Waals surface area contributed by atoms with Gasteiger partial charge in [-0.15, -0.1) is 0 Å². The summed E-state index contributed by atoms with van der Waals surface area (Å²) in [5.74, 6) is 0. The van der Waals surface area contributed by atoms with Gasteiger partial charge in [-0.3, -0.25) is 9.48 Å². The third kappa shape index (κ3) is 3.08. The van der Waals surface area contributed by atoms with Crippen LogP contribution in [0.5, 0.6) is 0 Å². The molecule has 0 aromatic carbocycles. The van der Waals surface area contributed by atoms with Crippen molar-refractivity contribution in [2.24, 2.45) is 5.73 Å². The molecule has 3 rings (SSSR count). The maximum atomic E-state index is 12.2. The van der Waals surface area contributed by atoms with Crippen LogP contribution in [0.1, 0.15) is 49.4 Å². The average molecular weight is 286 g/mol. The summed E-state index contributed by atoms with van der Waals surface area (Å²) in [6.45, 7) is 0.780. The fourth-order valence-corrected chi connectivity index (χ4v) is 3.05. The Morgan fingerprint density at radius 3 is 2.76 bits per heavy atom. The fraction of sp³-hybridized carbons (Fsp3) is 0.500. The van der Waals surface area contributed by atoms with Crippen LogP contribution in [0.4, 0.5) is 0 Å². The van der Waals surface area contributed by atoms with Gasteiger partial charge in [-0.25, -0.2) is 0 Å². The highest BCUT2D eigenvalue weighted by molar-refractivity contribution is 5.11. The normalized spacial score (nSPS) is 16.2. The van der Waals surface area contributed by atoms with E-state index in [4.69, 9.17) is 5.73 Å². The summed E-state index contributed by atoms with van der Waals surface area (Å²) in [4.78, 5) is 12.2. The van der Waals surface area contributed by atoms with Gasteiger partial charge in [0.1, 0.15) is 0 Å². The summed E-state index contributed by atoms with van der Waals surface area (Å²) in [5, 5.41) is 4.65. The Balaban J connectivity index is 1.77. The van der Waals surface area contributed by atoms with Crippen LogP contribution in [0.25, 0.3) is 0 Å². The maximum Gasteiger partial charge on any atom is 0.255 e. The van der Waals surface area contributed by atoms with Crippen molar-refractivity contribution in [1.29, 1.82) is 0 Å². The SMILES string of the molecule is NCc1cccn(Cc2ccn(C3CCCCC3)n2)c1=O. The number of nitrogens with zero attached hydrogens (tertiary/aromatic N) is 3. The standard InChI is InChI=1S/C16H22N4O/c17-11-13-5-4-9-19(16(13)21)12-14-8-10-20(18-14)15-6-2-1-3-7-15/h4-5,8-10,15H,1-3,6-7,11-12,17H2. The third-order valence-corrected chi connectivity index (χ3v) is 4.26. The van der Waals surface area contributed by atoms with E-state index >= 15 is 0 Å². The van der Waals surface area contributed by atoms with Crippen molar-refractivity contribution in [1.82, 2.24) is 14.3 Å². The highest BCUT2D eigenvalue weighted by Gasteiger charge is 2.16. The van der Waals surface area contributed by atoms with Crippen LogP contribution < -0.4 is 11.3 Å². The molecule has 2 N–H and O–H groups in total. The molecule has 0 unspecified atom stereocenters. The Labute approximate surface area is 124 Å². The fourth-order valence-electron chi connectivity index (χ4n) is 3.05. The van der Waals surface area contributed by atoms with Crippen molar-refractivity contribution in [3.05, 3.63) is 52.2 Å². The van der Waals surface area contributed by atoms with Crippen molar-refractivity contribution < 1.29 is 0 Å². The molecule has 2 heterocycles. The first kappa shape index (κ1) is 14.1. The number of nitrogens with two attached hydrogens (primary N) is 1. The number of aromatic nitrogens is 3. The Morgan fingerprint density at radius 1 is 1.19 bits per heavy atom. The topological polar surface area (TPSA) is 65.8 Å². The second-order valence-electron chi connectivity index (χ2n) is 5.75. The molecule has 1 aliphatic carbocycles. The van der Waals surface area contributed by atoms with Gasteiger partial charge >= 0.3 is 0 Å². The predicted molar refractivity (Wildman–Crippen MR) is 82.0 cm³/mol. The second-order valence-corrected chi connectivity index (χ2v) is 5.75. The lowest BCUT2D eigenvalue weighted by Gasteiger charge is -2.21. The van der Waals surface area contributed by atoms with Crippen LogP contribution in [-0.2, 0) is 13.1 Å². The molecular weight excluding hydrogens is 264 g/mol. The number of rotatable bonds is 4. The Morgan fingerprint density at radius 2 is 2.00 bits per heavy atom. The minimum Gasteiger partial charge on any atom is -0.326 e. The molecule has 2 aromatic heterocycles. The molecule has 2 aromatic rings. The van der Waals surface area contributed by atoms with Crippen LogP contribution >= 0.6 is 0 Å². The summed E-state index contributed by atoms with van der Waals surface area (Å²) in [6, 6.07) is 6.18. The first-order valence-corrected chi connectivity index (χ1v) is 7.70. The molecule has 1 aliphatic rings. The number of pyridine rings is 1. The van der Waals surface area contributed by atoms with Crippen LogP contribution in [-0.4, -0.2) is 14.3 Å². The molecule has 0 atom stereocenters. The molecule has 0 radical (unpaired) electrons. The third-order valence-electron chi connectivity index (χ3n) is 4.26. The summed E-state index contributed by atoms with van der Waals surface area (Å²) in [5.41, 5.74) is 7.13. The second kappa shape index (κ2) is 6.26. The Kier molecular flexibility index (Phi) is 4.20. The Bertz CT molecular complexity index is 652. The molecular formula is C16H22N4O. The van der Waals surface area contributed by atoms with Crippen LogP contribution in [0, 0.1) is 0 Å². The van der Waals surface area contributed by atoms with Crippen molar-refractivity contribution in [2.45, 2.75) is 51.2 Å². The van der Waals surface area contributed by atoms with Gasteiger partial charge in [0, 0.05) is 24.5 Å². The van der Waals surface area contributed by atoms with E-state index in [-0.39, 0.29) is 12.1 Å². The van der Waals surface area contributed by atoms with E-state index in [2.05, 4.69) is 9.78 Å². The van der Waals surface area contributed by atoms with E-state index in [1.54, 1.807) is 16.8 Å². The zero-order chi connectivity index (χ0) is 14.7. The summed E-state index contributed by atoms with van der Waals surface area (Å²) < 4.78 is 3.75. The lowest BCUT2D eigenvalue weighted by atomic mass is 9.96. The summed E-state index contributed by atoms with van der Waals surface area (Å²) >= 11 is 0. The zero-order valence-corrected chi connectivity index (χ0v) is 12.2. The largest absolute Gasteiger partial charge is 0.326 e. The molecule has 1 saturated carbocycles. The van der Waals surface area contributed by atoms with Gasteiger partial charge in [-0.1, -0.05) is 25.3 Å². The molecule has 5 nitrogen and oxygen atoms in total. The smallest absolute Gasteiger partial charge is 0.255 e. The van der Waals surface area contributed by atoms with E-state index in [1.165, 1.54) is 32.1 Å². The first-order chi connectivity index (χ1) is 10.3. The van der Waals surface area contributed by atoms with Gasteiger partial charge in [0.15, 0.2) is 0 Å². The lowest BCUT2D eigenvalue weighted by molar-refractivity contribution is 0.328. The molecule has 0 spiro atoms. The van der Waals surface area contributed by atoms with Gasteiger partial charge in [0.05, 0.1) is 18.3 Å². The maximum absolute atomic E-state index is 12.2. The van der Waals surface area contributed by atoms with Gasteiger partial charge in [-0.2, -0.15) is 5.10 Å². The number of hydrogen-bond donors (Lipinski definition) is 1. The van der Waals surface area contributed by atoms with Gasteiger partial charge in [0.2, 0.25) is 0 Å². The van der Waals surface area contributed by atoms with Gasteiger partial charge < -0.3 is 10.3 Å². The summed E-state index contributed by atoms with van der Waals surface area (Å²) in [7, 11) is 0. The molecule has 0 aliphatic heterocycles. The molecule has 0 saturated heterocycles. The molecule has 0 amide bonds. The van der Waals surface area contributed by atoms with E-state index in [9.17, 15) is 4.79 Å². The van der Waals surface area contributed by atoms with E-state index < -0.39 is 0 Å². The Hall–Kier alpha value is -1.88. The van der Waals surface area contributed by atoms with Crippen molar-refractivity contribution in [3.63, 3.8) is 0 Å². The first-order valence-electron chi connectivity index (χ1n) is 7.70. The minimum atomic E-state index is -0.0211. The van der Waals surface area contributed by atoms with Crippen LogP contribution in [0.3, 0.4) is 0 Å². The lowest BCUT2D eigenvalue weighted by Crippen LogP contribution is -2.25. The van der Waals surface area contributed by atoms with Gasteiger partial charge in [-0.05, 0) is 25.0 Å². The molecule has 1 fully saturated rings. The van der Waals surface area contributed by atoms with E-state index in [1.807, 2.05) is 18.3 Å². The quantitative estimate of drug-likeness (QED) is 0.935. The predicted octanol–water partition coefficient (Wildman–Crippen LogP) is 2.06. The monoisotopic (exact) mass is 286 g/mol. The molecule has 112 valence electrons. The minimum absolute atomic E-state index is 0.0211. The van der Waals surface area contributed by atoms with Gasteiger partial charge in [0.25, 0.3) is 5.56 Å². The molecule has 21 heavy (non-hydrogen) atoms. The van der Waals surface area contributed by atoms with E-state index in [0.29, 0.717) is 18.2 Å². The number of hydrogen-bond acceptors (Lipinski definition) is 3. The molecule has 0 bridgehead atoms.